The Hall–Kier alpha value is -1.65. The Labute approximate surface area is 114 Å². The van der Waals surface area contributed by atoms with E-state index in [2.05, 4.69) is 4.74 Å². The number of hydrogen-bond acceptors (Lipinski definition) is 4. The Bertz CT molecular complexity index is 373. The molecular formula is C15H20O4. The van der Waals surface area contributed by atoms with Crippen molar-refractivity contribution in [3.05, 3.63) is 48.0 Å². The molecule has 0 amide bonds. The molecule has 1 aromatic carbocycles. The molecule has 1 rings (SSSR count). The highest BCUT2D eigenvalue weighted by Crippen LogP contribution is 2.00. The van der Waals surface area contributed by atoms with Gasteiger partial charge in [0.25, 0.3) is 0 Å². The lowest BCUT2D eigenvalue weighted by Crippen LogP contribution is -2.05. The van der Waals surface area contributed by atoms with E-state index in [0.29, 0.717) is 32.8 Å². The zero-order chi connectivity index (χ0) is 13.8. The minimum atomic E-state index is -0.341. The van der Waals surface area contributed by atoms with Crippen LogP contribution in [0, 0.1) is 0 Å². The molecular weight excluding hydrogens is 244 g/mol. The molecule has 0 aromatic heterocycles. The average Bonchev–Trinajstić information content (AvgIpc) is 2.46. The van der Waals surface area contributed by atoms with Crippen LogP contribution in [-0.4, -0.2) is 32.9 Å². The van der Waals surface area contributed by atoms with Crippen LogP contribution in [0.15, 0.2) is 42.5 Å². The Morgan fingerprint density at radius 2 is 1.84 bits per heavy atom. The third-order valence-electron chi connectivity index (χ3n) is 2.37. The van der Waals surface area contributed by atoms with Crippen LogP contribution >= 0.6 is 0 Å². The quantitative estimate of drug-likeness (QED) is 0.390. The first-order valence-corrected chi connectivity index (χ1v) is 6.27. The summed E-state index contributed by atoms with van der Waals surface area (Å²) in [7, 11) is 1.35. The van der Waals surface area contributed by atoms with Crippen LogP contribution in [0.3, 0.4) is 0 Å². The fraction of sp³-hybridized carbons (Fsp3) is 0.400. The second-order valence-electron chi connectivity index (χ2n) is 3.86. The van der Waals surface area contributed by atoms with Crippen molar-refractivity contribution >= 4 is 5.97 Å². The van der Waals surface area contributed by atoms with Crippen molar-refractivity contribution in [1.82, 2.24) is 0 Å². The van der Waals surface area contributed by atoms with Crippen molar-refractivity contribution in [2.24, 2.45) is 0 Å². The first-order valence-electron chi connectivity index (χ1n) is 6.27. The van der Waals surface area contributed by atoms with E-state index < -0.39 is 0 Å². The standard InChI is InChI=1S/C15H20O4/c1-17-15(16)9-5-6-10-18-11-12-19-13-14-7-3-2-4-8-14/h2-5,7-9H,6,10-13H2,1H3/b9-5+. The molecule has 0 spiro atoms. The lowest BCUT2D eigenvalue weighted by atomic mass is 10.2. The van der Waals surface area contributed by atoms with Gasteiger partial charge >= 0.3 is 5.97 Å². The van der Waals surface area contributed by atoms with Gasteiger partial charge in [-0.2, -0.15) is 0 Å². The van der Waals surface area contributed by atoms with Crippen LogP contribution in [0.2, 0.25) is 0 Å². The van der Waals surface area contributed by atoms with Crippen molar-refractivity contribution in [2.45, 2.75) is 13.0 Å². The SMILES string of the molecule is COC(=O)/C=C/CCOCCOCc1ccccc1. The highest BCUT2D eigenvalue weighted by Gasteiger charge is 1.93. The van der Waals surface area contributed by atoms with E-state index in [0.717, 1.165) is 5.56 Å². The van der Waals surface area contributed by atoms with Crippen molar-refractivity contribution in [1.29, 1.82) is 0 Å². The minimum absolute atomic E-state index is 0.341. The highest BCUT2D eigenvalue weighted by molar-refractivity contribution is 5.81. The minimum Gasteiger partial charge on any atom is -0.466 e. The van der Waals surface area contributed by atoms with Crippen LogP contribution < -0.4 is 0 Å². The largest absolute Gasteiger partial charge is 0.466 e. The summed E-state index contributed by atoms with van der Waals surface area (Å²) in [6.45, 7) is 2.29. The van der Waals surface area contributed by atoms with Crippen molar-refractivity contribution < 1.29 is 19.0 Å². The van der Waals surface area contributed by atoms with Crippen LogP contribution in [0.1, 0.15) is 12.0 Å². The Morgan fingerprint density at radius 1 is 1.11 bits per heavy atom. The molecule has 104 valence electrons. The molecule has 0 bridgehead atoms. The number of rotatable bonds is 9. The summed E-state index contributed by atoms with van der Waals surface area (Å²) in [5, 5.41) is 0. The van der Waals surface area contributed by atoms with Gasteiger partial charge in [-0.25, -0.2) is 4.79 Å². The van der Waals surface area contributed by atoms with E-state index in [1.54, 1.807) is 6.08 Å². The van der Waals surface area contributed by atoms with Gasteiger partial charge in [0.1, 0.15) is 0 Å². The Balaban J connectivity index is 1.92. The van der Waals surface area contributed by atoms with Gasteiger partial charge in [-0.1, -0.05) is 36.4 Å². The van der Waals surface area contributed by atoms with E-state index in [4.69, 9.17) is 9.47 Å². The molecule has 4 nitrogen and oxygen atoms in total. The van der Waals surface area contributed by atoms with E-state index in [-0.39, 0.29) is 5.97 Å². The zero-order valence-electron chi connectivity index (χ0n) is 11.2. The Kier molecular flexibility index (Phi) is 8.34. The van der Waals surface area contributed by atoms with Gasteiger partial charge in [-0.3, -0.25) is 0 Å². The van der Waals surface area contributed by atoms with Crippen molar-refractivity contribution in [3.8, 4) is 0 Å². The maximum Gasteiger partial charge on any atom is 0.330 e. The molecule has 0 aliphatic heterocycles. The number of carbonyl (C=O) groups excluding carboxylic acids is 1. The summed E-state index contributed by atoms with van der Waals surface area (Å²) in [6, 6.07) is 10.0. The van der Waals surface area contributed by atoms with Gasteiger partial charge in [-0.15, -0.1) is 0 Å². The Morgan fingerprint density at radius 3 is 2.58 bits per heavy atom. The summed E-state index contributed by atoms with van der Waals surface area (Å²) >= 11 is 0. The predicted octanol–water partition coefficient (Wildman–Crippen LogP) is 2.34. The van der Waals surface area contributed by atoms with Crippen LogP contribution in [0.4, 0.5) is 0 Å². The van der Waals surface area contributed by atoms with Crippen LogP contribution in [0.5, 0.6) is 0 Å². The van der Waals surface area contributed by atoms with Crippen LogP contribution in [0.25, 0.3) is 0 Å². The molecule has 0 saturated heterocycles. The number of esters is 1. The molecule has 0 saturated carbocycles. The fourth-order valence-electron chi connectivity index (χ4n) is 1.38. The smallest absolute Gasteiger partial charge is 0.330 e. The molecule has 0 N–H and O–H groups in total. The molecule has 0 fully saturated rings. The summed E-state index contributed by atoms with van der Waals surface area (Å²) in [5.74, 6) is -0.341. The second kappa shape index (κ2) is 10.3. The van der Waals surface area contributed by atoms with E-state index in [9.17, 15) is 4.79 Å². The molecule has 4 heteroatoms. The van der Waals surface area contributed by atoms with Crippen molar-refractivity contribution in [3.63, 3.8) is 0 Å². The van der Waals surface area contributed by atoms with Gasteiger partial charge in [0, 0.05) is 6.08 Å². The average molecular weight is 264 g/mol. The summed E-state index contributed by atoms with van der Waals surface area (Å²) < 4.78 is 15.3. The number of carbonyl (C=O) groups is 1. The van der Waals surface area contributed by atoms with Gasteiger partial charge in [0.2, 0.25) is 0 Å². The number of ether oxygens (including phenoxy) is 3. The van der Waals surface area contributed by atoms with Gasteiger partial charge < -0.3 is 14.2 Å². The summed E-state index contributed by atoms with van der Waals surface area (Å²) in [5.41, 5.74) is 1.16. The maximum absolute atomic E-state index is 10.8. The lowest BCUT2D eigenvalue weighted by Gasteiger charge is -2.04. The van der Waals surface area contributed by atoms with Crippen LogP contribution in [-0.2, 0) is 25.6 Å². The van der Waals surface area contributed by atoms with E-state index >= 15 is 0 Å². The number of hydrogen-bond donors (Lipinski definition) is 0. The topological polar surface area (TPSA) is 44.8 Å². The normalized spacial score (nSPS) is 10.8. The molecule has 0 radical (unpaired) electrons. The maximum atomic E-state index is 10.8. The molecule has 0 heterocycles. The second-order valence-corrected chi connectivity index (χ2v) is 3.86. The molecule has 1 aromatic rings. The van der Waals surface area contributed by atoms with Crippen molar-refractivity contribution in [2.75, 3.05) is 26.9 Å². The van der Waals surface area contributed by atoms with Gasteiger partial charge in [0.15, 0.2) is 0 Å². The molecule has 0 atom stereocenters. The predicted molar refractivity (Wildman–Crippen MR) is 72.7 cm³/mol. The van der Waals surface area contributed by atoms with E-state index in [1.165, 1.54) is 13.2 Å². The first-order chi connectivity index (χ1) is 9.33. The van der Waals surface area contributed by atoms with Gasteiger partial charge in [0.05, 0.1) is 33.5 Å². The summed E-state index contributed by atoms with van der Waals surface area (Å²) in [4.78, 5) is 10.8. The molecule has 0 aliphatic rings. The summed E-state index contributed by atoms with van der Waals surface area (Å²) in [6.07, 6.45) is 3.82. The third kappa shape index (κ3) is 8.13. The lowest BCUT2D eigenvalue weighted by molar-refractivity contribution is -0.134. The number of benzene rings is 1. The third-order valence-corrected chi connectivity index (χ3v) is 2.37. The zero-order valence-corrected chi connectivity index (χ0v) is 11.2. The first kappa shape index (κ1) is 15.4. The number of methoxy groups -OCH3 is 1. The van der Waals surface area contributed by atoms with Gasteiger partial charge in [-0.05, 0) is 12.0 Å². The molecule has 19 heavy (non-hydrogen) atoms. The molecule has 0 unspecified atom stereocenters. The monoisotopic (exact) mass is 264 g/mol. The molecule has 0 aliphatic carbocycles. The highest BCUT2D eigenvalue weighted by atomic mass is 16.5. The van der Waals surface area contributed by atoms with E-state index in [1.807, 2.05) is 30.3 Å². The fourth-order valence-corrected chi connectivity index (χ4v) is 1.38.